The molecule has 4 heteroatoms. The van der Waals surface area contributed by atoms with Crippen molar-refractivity contribution < 1.29 is 27.3 Å². The summed E-state index contributed by atoms with van der Waals surface area (Å²) in [6.07, 6.45) is 0. The fourth-order valence-corrected chi connectivity index (χ4v) is 1.37. The molecule has 1 aromatic rings. The largest absolute Gasteiger partial charge is 1.00 e. The Labute approximate surface area is 84.4 Å². The molecule has 0 saturated carbocycles. The Kier molecular flexibility index (Phi) is 4.33. The summed E-state index contributed by atoms with van der Waals surface area (Å²) in [5.41, 5.74) is 0. The van der Waals surface area contributed by atoms with Crippen molar-refractivity contribution in [1.82, 2.24) is 0 Å². The molecule has 0 atom stereocenters. The van der Waals surface area contributed by atoms with Gasteiger partial charge in [0.2, 0.25) is 0 Å². The monoisotopic (exact) mass is 174 g/mol. The first-order valence-corrected chi connectivity index (χ1v) is 4.49. The average Bonchev–Trinajstić information content (AvgIpc) is 2.06. The van der Waals surface area contributed by atoms with E-state index in [1.165, 1.54) is 12.1 Å². The van der Waals surface area contributed by atoms with E-state index >= 15 is 0 Å². The van der Waals surface area contributed by atoms with Gasteiger partial charge in [0.1, 0.15) is 0 Å². The summed E-state index contributed by atoms with van der Waals surface area (Å²) in [6, 6.07) is 8.08. The Morgan fingerprint density at radius 1 is 1.17 bits per heavy atom. The molecule has 0 amide bonds. The standard InChI is InChI=1S/C8H7O2S.Li/c1-2-11(9,10)8-6-4-3-5-7-8;/h3-7H,1H2;/q-1;+1. The minimum absolute atomic E-state index is 0. The van der Waals surface area contributed by atoms with E-state index in [9.17, 15) is 8.42 Å². The zero-order valence-corrected chi connectivity index (χ0v) is 7.64. The third-order valence-electron chi connectivity index (χ3n) is 1.24. The number of sulfone groups is 1. The van der Waals surface area contributed by atoms with Crippen molar-refractivity contribution >= 4 is 9.84 Å². The first kappa shape index (κ1) is 11.5. The summed E-state index contributed by atoms with van der Waals surface area (Å²) in [5, 5.41) is 1.98. The Morgan fingerprint density at radius 2 is 1.67 bits per heavy atom. The third-order valence-corrected chi connectivity index (χ3v) is 2.52. The van der Waals surface area contributed by atoms with E-state index in [0.717, 1.165) is 0 Å². The molecule has 0 saturated heterocycles. The first-order chi connectivity index (χ1) is 5.17. The van der Waals surface area contributed by atoms with Gasteiger partial charge in [-0.15, -0.1) is 0 Å². The minimum Gasteiger partial charge on any atom is -0.366 e. The van der Waals surface area contributed by atoms with Gasteiger partial charge in [0.25, 0.3) is 0 Å². The number of hydrogen-bond donors (Lipinski definition) is 0. The molecule has 58 valence electrons. The van der Waals surface area contributed by atoms with E-state index in [2.05, 4.69) is 6.58 Å². The molecule has 0 bridgehead atoms. The van der Waals surface area contributed by atoms with Crippen LogP contribution in [0.15, 0.2) is 41.8 Å². The van der Waals surface area contributed by atoms with Gasteiger partial charge < -0.3 is 5.41 Å². The summed E-state index contributed by atoms with van der Waals surface area (Å²) < 4.78 is 22.1. The van der Waals surface area contributed by atoms with Crippen LogP contribution in [0.1, 0.15) is 0 Å². The molecule has 12 heavy (non-hydrogen) atoms. The Bertz CT molecular complexity index is 343. The summed E-state index contributed by atoms with van der Waals surface area (Å²) in [6.45, 7) is 3.10. The smallest absolute Gasteiger partial charge is 0.366 e. The van der Waals surface area contributed by atoms with Crippen molar-refractivity contribution in [2.24, 2.45) is 0 Å². The van der Waals surface area contributed by atoms with Gasteiger partial charge in [-0.3, -0.25) is 15.0 Å². The molecule has 1 rings (SSSR count). The van der Waals surface area contributed by atoms with Crippen molar-refractivity contribution in [3.05, 3.63) is 42.3 Å². The topological polar surface area (TPSA) is 34.1 Å². The van der Waals surface area contributed by atoms with Gasteiger partial charge in [0.05, 0.1) is 0 Å². The van der Waals surface area contributed by atoms with E-state index in [-0.39, 0.29) is 23.8 Å². The minimum atomic E-state index is -3.36. The van der Waals surface area contributed by atoms with Gasteiger partial charge >= 0.3 is 18.9 Å². The average molecular weight is 174 g/mol. The molecule has 0 heterocycles. The Morgan fingerprint density at radius 3 is 2.08 bits per heavy atom. The molecule has 2 nitrogen and oxygen atoms in total. The van der Waals surface area contributed by atoms with E-state index < -0.39 is 9.84 Å². The van der Waals surface area contributed by atoms with Gasteiger partial charge in [-0.05, 0) is 12.1 Å². The fourth-order valence-electron chi connectivity index (χ4n) is 0.683. The van der Waals surface area contributed by atoms with Crippen molar-refractivity contribution in [3.63, 3.8) is 0 Å². The molecule has 0 spiro atoms. The molecule has 0 aliphatic heterocycles. The van der Waals surface area contributed by atoms with Crippen LogP contribution < -0.4 is 18.9 Å². The molecule has 0 N–H and O–H groups in total. The van der Waals surface area contributed by atoms with Crippen molar-refractivity contribution in [2.75, 3.05) is 0 Å². The second-order valence-corrected chi connectivity index (χ2v) is 3.73. The molecule has 0 unspecified atom stereocenters. The predicted octanol–water partition coefficient (Wildman–Crippen LogP) is -1.59. The van der Waals surface area contributed by atoms with Crippen LogP contribution in [0.2, 0.25) is 0 Å². The molecule has 0 radical (unpaired) electrons. The van der Waals surface area contributed by atoms with Gasteiger partial charge in [-0.2, -0.15) is 0 Å². The number of benzene rings is 1. The van der Waals surface area contributed by atoms with Crippen LogP contribution in [-0.2, 0) is 9.84 Å². The maximum Gasteiger partial charge on any atom is 1.00 e. The summed E-state index contributed by atoms with van der Waals surface area (Å²) in [5.74, 6) is 0. The summed E-state index contributed by atoms with van der Waals surface area (Å²) in [4.78, 5) is 0.231. The maximum atomic E-state index is 11.0. The van der Waals surface area contributed by atoms with Crippen LogP contribution in [0.5, 0.6) is 0 Å². The normalized spacial score (nSPS) is 10.0. The Balaban J connectivity index is 0.00000121. The summed E-state index contributed by atoms with van der Waals surface area (Å²) >= 11 is 0. The van der Waals surface area contributed by atoms with Crippen LogP contribution in [0.25, 0.3) is 0 Å². The zero-order valence-electron chi connectivity index (χ0n) is 6.82. The number of hydrogen-bond acceptors (Lipinski definition) is 2. The van der Waals surface area contributed by atoms with Gasteiger partial charge in [0.15, 0.2) is 0 Å². The number of rotatable bonds is 2. The fraction of sp³-hybridized carbons (Fsp3) is 0. The Hall–Kier alpha value is -0.493. The van der Waals surface area contributed by atoms with E-state index in [0.29, 0.717) is 0 Å². The molecule has 1 aromatic carbocycles. The molecular formula is C8H7LiO2S. The zero-order chi connectivity index (χ0) is 8.32. The summed E-state index contributed by atoms with van der Waals surface area (Å²) in [7, 11) is -3.36. The van der Waals surface area contributed by atoms with Gasteiger partial charge in [-0.1, -0.05) is 18.2 Å². The third kappa shape index (κ3) is 2.53. The quantitative estimate of drug-likeness (QED) is 0.400. The van der Waals surface area contributed by atoms with Crippen molar-refractivity contribution in [2.45, 2.75) is 4.90 Å². The second-order valence-electron chi connectivity index (χ2n) is 1.96. The maximum absolute atomic E-state index is 11.0. The molecule has 0 aromatic heterocycles. The predicted molar refractivity (Wildman–Crippen MR) is 42.5 cm³/mol. The van der Waals surface area contributed by atoms with Crippen molar-refractivity contribution in [1.29, 1.82) is 0 Å². The van der Waals surface area contributed by atoms with Crippen molar-refractivity contribution in [3.8, 4) is 0 Å². The molecular weight excluding hydrogens is 167 g/mol. The SMILES string of the molecule is C=[C-]S(=O)(=O)c1ccccc1.[Li+]. The molecule has 0 aliphatic rings. The first-order valence-electron chi connectivity index (χ1n) is 3.01. The van der Waals surface area contributed by atoms with E-state index in [4.69, 9.17) is 0 Å². The van der Waals surface area contributed by atoms with Gasteiger partial charge in [0, 0.05) is 14.7 Å². The van der Waals surface area contributed by atoms with Crippen LogP contribution in [0, 0.1) is 5.41 Å². The van der Waals surface area contributed by atoms with E-state index in [1.54, 1.807) is 18.2 Å². The van der Waals surface area contributed by atoms with Crippen LogP contribution in [0.3, 0.4) is 0 Å². The second kappa shape index (κ2) is 4.51. The van der Waals surface area contributed by atoms with Crippen LogP contribution >= 0.6 is 0 Å². The van der Waals surface area contributed by atoms with E-state index in [1.807, 2.05) is 5.41 Å². The van der Waals surface area contributed by atoms with Crippen LogP contribution in [-0.4, -0.2) is 8.42 Å². The van der Waals surface area contributed by atoms with Gasteiger partial charge in [-0.25, -0.2) is 0 Å². The molecule has 0 aliphatic carbocycles. The van der Waals surface area contributed by atoms with Crippen LogP contribution in [0.4, 0.5) is 0 Å². The molecule has 0 fully saturated rings.